The Morgan fingerprint density at radius 3 is 1.19 bits per heavy atom. The minimum absolute atomic E-state index is 0. The molecule has 0 rings (SSSR count). The van der Waals surface area contributed by atoms with Crippen molar-refractivity contribution in [2.45, 2.75) is 110 Å². The fraction of sp³-hybridized carbons (Fsp3) is 0.944. The van der Waals surface area contributed by atoms with E-state index in [1.807, 2.05) is 0 Å². The van der Waals surface area contributed by atoms with Crippen LogP contribution in [-0.4, -0.2) is 11.1 Å². The first kappa shape index (κ1) is 24.2. The summed E-state index contributed by atoms with van der Waals surface area (Å²) in [4.78, 5) is 10.3. The van der Waals surface area contributed by atoms with E-state index in [1.54, 1.807) is 0 Å². The number of hydrogen-bond donors (Lipinski definition) is 1. The molecule has 3 heteroatoms. The van der Waals surface area contributed by atoms with Crippen molar-refractivity contribution in [1.29, 1.82) is 0 Å². The molecule has 0 unspecified atom stereocenters. The van der Waals surface area contributed by atoms with Crippen LogP contribution in [-0.2, 0) is 4.79 Å². The van der Waals surface area contributed by atoms with Crippen molar-refractivity contribution < 1.29 is 56.8 Å². The van der Waals surface area contributed by atoms with E-state index < -0.39 is 5.97 Å². The molecule has 0 heterocycles. The normalized spacial score (nSPS) is 10.3. The fourth-order valence-corrected chi connectivity index (χ4v) is 2.65. The molecule has 0 amide bonds. The molecule has 0 radical (unpaired) electrons. The molecule has 0 saturated heterocycles. The maximum Gasteiger partial charge on any atom is 0.303 e. The van der Waals surface area contributed by atoms with Crippen LogP contribution in [0, 0.1) is 46.9 Å². The van der Waals surface area contributed by atoms with Crippen molar-refractivity contribution >= 4 is 5.97 Å². The Labute approximate surface area is 171 Å². The number of carbonyl (C=O) groups is 1. The van der Waals surface area contributed by atoms with E-state index in [2.05, 4.69) is 6.92 Å². The third kappa shape index (κ3) is 23.4. The zero-order valence-corrected chi connectivity index (χ0v) is 15.7. The molecule has 1 N–H and O–H groups in total. The number of aliphatic carboxylic acids is 1. The van der Waals surface area contributed by atoms with Crippen LogP contribution in [0.2, 0.25) is 0 Å². The molecule has 0 aromatic rings. The van der Waals surface area contributed by atoms with E-state index in [1.165, 1.54) is 83.5 Å². The Bertz CT molecular complexity index is 207. The van der Waals surface area contributed by atoms with Crippen molar-refractivity contribution in [1.82, 2.24) is 0 Å². The third-order valence-electron chi connectivity index (χ3n) is 3.99. The minimum atomic E-state index is -0.653. The van der Waals surface area contributed by atoms with Gasteiger partial charge in [-0.15, -0.1) is 0 Å². The van der Waals surface area contributed by atoms with Gasteiger partial charge in [-0.3, -0.25) is 4.79 Å². The van der Waals surface area contributed by atoms with Crippen LogP contribution < -0.4 is 0 Å². The van der Waals surface area contributed by atoms with Crippen LogP contribution in [0.4, 0.5) is 0 Å². The number of unbranched alkanes of at least 4 members (excludes halogenated alkanes) is 14. The molecule has 0 atom stereocenters. The maximum absolute atomic E-state index is 10.3. The third-order valence-corrected chi connectivity index (χ3v) is 3.99. The average molecular weight is 458 g/mol. The monoisotopic (exact) mass is 458 g/mol. The zero-order chi connectivity index (χ0) is 14.9. The van der Waals surface area contributed by atoms with Gasteiger partial charge in [0, 0.05) is 53.3 Å². The maximum atomic E-state index is 10.3. The first-order valence-corrected chi connectivity index (χ1v) is 8.99. The van der Waals surface area contributed by atoms with Gasteiger partial charge in [0.2, 0.25) is 0 Å². The molecule has 0 bridgehead atoms. The molecule has 21 heavy (non-hydrogen) atoms. The minimum Gasteiger partial charge on any atom is -0.481 e. The first-order chi connectivity index (χ1) is 9.77. The van der Waals surface area contributed by atoms with E-state index in [0.29, 0.717) is 6.42 Å². The van der Waals surface area contributed by atoms with E-state index in [0.717, 1.165) is 12.8 Å². The van der Waals surface area contributed by atoms with Crippen molar-refractivity contribution in [3.05, 3.63) is 0 Å². The standard InChI is InChI=1S/C18H36O2.Yb/c1-2-3-4-5-6-7-8-9-10-11-12-13-14-15-16-17-18(19)20;/h2-17H2,1H3,(H,19,20);. The van der Waals surface area contributed by atoms with E-state index in [9.17, 15) is 4.79 Å². The predicted octanol–water partition coefficient (Wildman–Crippen LogP) is 6.33. The second kappa shape index (κ2) is 21.0. The number of carboxylic acids is 1. The largest absolute Gasteiger partial charge is 0.481 e. The molecule has 0 aliphatic rings. The Hall–Kier alpha value is 0.989. The van der Waals surface area contributed by atoms with Gasteiger partial charge in [-0.1, -0.05) is 96.8 Å². The van der Waals surface area contributed by atoms with Crippen LogP contribution in [0.5, 0.6) is 0 Å². The molecule has 0 spiro atoms. The van der Waals surface area contributed by atoms with Crippen LogP contribution in [0.15, 0.2) is 0 Å². The Balaban J connectivity index is 0. The predicted molar refractivity (Wildman–Crippen MR) is 87.2 cm³/mol. The molecule has 0 aliphatic carbocycles. The number of rotatable bonds is 16. The molecule has 0 aromatic carbocycles. The van der Waals surface area contributed by atoms with Crippen LogP contribution in [0.3, 0.4) is 0 Å². The van der Waals surface area contributed by atoms with E-state index >= 15 is 0 Å². The summed E-state index contributed by atoms with van der Waals surface area (Å²) in [7, 11) is 0. The van der Waals surface area contributed by atoms with Gasteiger partial charge in [-0.25, -0.2) is 0 Å². The molecular weight excluding hydrogens is 421 g/mol. The fourth-order valence-electron chi connectivity index (χ4n) is 2.65. The van der Waals surface area contributed by atoms with Crippen molar-refractivity contribution in [3.8, 4) is 0 Å². The Kier molecular flexibility index (Phi) is 24.2. The number of hydrogen-bond acceptors (Lipinski definition) is 1. The summed E-state index contributed by atoms with van der Waals surface area (Å²) in [6.45, 7) is 2.27. The molecule has 0 aromatic heterocycles. The molecule has 0 aliphatic heterocycles. The average Bonchev–Trinajstić information content (AvgIpc) is 2.43. The molecule has 2 nitrogen and oxygen atoms in total. The van der Waals surface area contributed by atoms with Crippen LogP contribution >= 0.6 is 0 Å². The van der Waals surface area contributed by atoms with Gasteiger partial charge < -0.3 is 5.11 Å². The van der Waals surface area contributed by atoms with Gasteiger partial charge >= 0.3 is 5.97 Å². The van der Waals surface area contributed by atoms with E-state index in [4.69, 9.17) is 5.11 Å². The van der Waals surface area contributed by atoms with Gasteiger partial charge in [-0.05, 0) is 6.42 Å². The summed E-state index contributed by atoms with van der Waals surface area (Å²) < 4.78 is 0. The second-order valence-corrected chi connectivity index (χ2v) is 6.09. The number of carboxylic acid groups (broad SMARTS) is 1. The van der Waals surface area contributed by atoms with E-state index in [-0.39, 0.29) is 46.9 Å². The Morgan fingerprint density at radius 1 is 0.619 bits per heavy atom. The van der Waals surface area contributed by atoms with Gasteiger partial charge in [-0.2, -0.15) is 0 Å². The SMILES string of the molecule is CCCCCCCCCCCCCCCCCC(=O)O.[Yb]. The quantitative estimate of drug-likeness (QED) is 0.275. The summed E-state index contributed by atoms with van der Waals surface area (Å²) in [6, 6.07) is 0. The Morgan fingerprint density at radius 2 is 0.905 bits per heavy atom. The van der Waals surface area contributed by atoms with Crippen molar-refractivity contribution in [2.24, 2.45) is 0 Å². The van der Waals surface area contributed by atoms with Crippen molar-refractivity contribution in [3.63, 3.8) is 0 Å². The summed E-state index contributed by atoms with van der Waals surface area (Å²) in [5.41, 5.74) is 0. The molecular formula is C18H36O2Yb. The van der Waals surface area contributed by atoms with Gasteiger partial charge in [0.05, 0.1) is 0 Å². The summed E-state index contributed by atoms with van der Waals surface area (Å²) >= 11 is 0. The van der Waals surface area contributed by atoms with Gasteiger partial charge in [0.1, 0.15) is 0 Å². The molecule has 0 saturated carbocycles. The van der Waals surface area contributed by atoms with Crippen LogP contribution in [0.25, 0.3) is 0 Å². The summed E-state index contributed by atoms with van der Waals surface area (Å²) in [5, 5.41) is 8.52. The van der Waals surface area contributed by atoms with Crippen LogP contribution in [0.1, 0.15) is 110 Å². The van der Waals surface area contributed by atoms with Gasteiger partial charge in [0.15, 0.2) is 0 Å². The smallest absolute Gasteiger partial charge is 0.303 e. The first-order valence-electron chi connectivity index (χ1n) is 8.99. The molecule has 134 valence electrons. The zero-order valence-electron chi connectivity index (χ0n) is 13.9. The summed E-state index contributed by atoms with van der Waals surface area (Å²) in [6.07, 6.45) is 20.2. The van der Waals surface area contributed by atoms with Gasteiger partial charge in [0.25, 0.3) is 0 Å². The summed E-state index contributed by atoms with van der Waals surface area (Å²) in [5.74, 6) is -0.653. The molecule has 0 fully saturated rings. The van der Waals surface area contributed by atoms with Crippen molar-refractivity contribution in [2.75, 3.05) is 0 Å². The topological polar surface area (TPSA) is 37.3 Å². The second-order valence-electron chi connectivity index (χ2n) is 6.09.